The molecule has 0 bridgehead atoms. The van der Waals surface area contributed by atoms with Crippen LogP contribution < -0.4 is 5.32 Å². The lowest BCUT2D eigenvalue weighted by molar-refractivity contribution is -0.128. The summed E-state index contributed by atoms with van der Waals surface area (Å²) in [5.74, 6) is 0.0745. The number of hydrogen-bond donors (Lipinski definition) is 1. The van der Waals surface area contributed by atoms with Gasteiger partial charge in [-0.15, -0.1) is 12.4 Å². The monoisotopic (exact) mass is 387 g/mol. The molecule has 0 saturated carbocycles. The Morgan fingerprint density at radius 3 is 2.48 bits per heavy atom. The van der Waals surface area contributed by atoms with Gasteiger partial charge in [-0.1, -0.05) is 6.07 Å². The first kappa shape index (κ1) is 20.2. The molecule has 0 aliphatic carbocycles. The van der Waals surface area contributed by atoms with Gasteiger partial charge in [-0.3, -0.25) is 4.79 Å². The molecule has 2 heterocycles. The SMILES string of the molecule is CC(=O)N1CCc2ccc(S(=O)(=O)N3CCN[C@H](C)C3)cc2CC1.Cl. The number of nitrogens with one attached hydrogen (secondary N) is 1. The molecular formula is C17H26ClN3O3S. The van der Waals surface area contributed by atoms with Crippen LogP contribution in [0.25, 0.3) is 0 Å². The highest BCUT2D eigenvalue weighted by molar-refractivity contribution is 7.89. The van der Waals surface area contributed by atoms with Crippen molar-refractivity contribution in [1.82, 2.24) is 14.5 Å². The van der Waals surface area contributed by atoms with Crippen LogP contribution in [-0.2, 0) is 27.7 Å². The molecule has 0 unspecified atom stereocenters. The van der Waals surface area contributed by atoms with Crippen LogP contribution in [0, 0.1) is 0 Å². The topological polar surface area (TPSA) is 69.7 Å². The van der Waals surface area contributed by atoms with Crippen molar-refractivity contribution in [2.45, 2.75) is 37.6 Å². The van der Waals surface area contributed by atoms with E-state index < -0.39 is 10.0 Å². The number of benzene rings is 1. The first-order valence-corrected chi connectivity index (χ1v) is 9.93. The second-order valence-electron chi connectivity index (χ2n) is 6.65. The maximum absolute atomic E-state index is 12.9. The third kappa shape index (κ3) is 4.34. The van der Waals surface area contributed by atoms with E-state index in [1.807, 2.05) is 17.9 Å². The molecule has 3 rings (SSSR count). The fraction of sp³-hybridized carbons (Fsp3) is 0.588. The van der Waals surface area contributed by atoms with Crippen LogP contribution in [0.2, 0.25) is 0 Å². The van der Waals surface area contributed by atoms with Crippen LogP contribution in [0.5, 0.6) is 0 Å². The number of rotatable bonds is 2. The number of nitrogens with zero attached hydrogens (tertiary/aromatic N) is 2. The van der Waals surface area contributed by atoms with Crippen LogP contribution in [0.15, 0.2) is 23.1 Å². The van der Waals surface area contributed by atoms with Crippen molar-refractivity contribution in [1.29, 1.82) is 0 Å². The Balaban J connectivity index is 0.00000225. The van der Waals surface area contributed by atoms with Gasteiger partial charge in [0.1, 0.15) is 0 Å². The van der Waals surface area contributed by atoms with Gasteiger partial charge in [0.05, 0.1) is 4.90 Å². The molecule has 1 fully saturated rings. The molecule has 1 N–H and O–H groups in total. The van der Waals surface area contributed by atoms with Gasteiger partial charge in [0.25, 0.3) is 0 Å². The lowest BCUT2D eigenvalue weighted by Crippen LogP contribution is -2.51. The zero-order valence-electron chi connectivity index (χ0n) is 14.7. The average Bonchev–Trinajstić information content (AvgIpc) is 2.76. The molecule has 2 aliphatic heterocycles. The number of piperazine rings is 1. The Morgan fingerprint density at radius 2 is 1.84 bits per heavy atom. The fourth-order valence-corrected chi connectivity index (χ4v) is 5.02. The summed E-state index contributed by atoms with van der Waals surface area (Å²) < 4.78 is 27.4. The zero-order chi connectivity index (χ0) is 17.3. The van der Waals surface area contributed by atoms with Crippen LogP contribution in [0.3, 0.4) is 0 Å². The summed E-state index contributed by atoms with van der Waals surface area (Å²) in [6, 6.07) is 5.60. The number of fused-ring (bicyclic) bond motifs is 1. The second-order valence-corrected chi connectivity index (χ2v) is 8.59. The summed E-state index contributed by atoms with van der Waals surface area (Å²) in [6.07, 6.45) is 1.48. The van der Waals surface area contributed by atoms with Crippen molar-refractivity contribution in [2.75, 3.05) is 32.7 Å². The van der Waals surface area contributed by atoms with Crippen molar-refractivity contribution in [3.8, 4) is 0 Å². The Bertz CT molecular complexity index is 739. The molecule has 2 aliphatic rings. The predicted molar refractivity (Wildman–Crippen MR) is 99.6 cm³/mol. The molecule has 8 heteroatoms. The third-order valence-electron chi connectivity index (χ3n) is 4.89. The van der Waals surface area contributed by atoms with E-state index in [9.17, 15) is 13.2 Å². The van der Waals surface area contributed by atoms with Crippen molar-refractivity contribution in [2.24, 2.45) is 0 Å². The minimum absolute atomic E-state index is 0. The van der Waals surface area contributed by atoms with Gasteiger partial charge in [-0.2, -0.15) is 4.31 Å². The predicted octanol–water partition coefficient (Wildman–Crippen LogP) is 1.04. The molecule has 1 atom stereocenters. The molecule has 1 aromatic rings. The molecule has 6 nitrogen and oxygen atoms in total. The van der Waals surface area contributed by atoms with Crippen molar-refractivity contribution >= 4 is 28.3 Å². The van der Waals surface area contributed by atoms with Gasteiger partial charge < -0.3 is 10.2 Å². The number of halogens is 1. The first-order chi connectivity index (χ1) is 11.4. The summed E-state index contributed by atoms with van der Waals surface area (Å²) >= 11 is 0. The zero-order valence-corrected chi connectivity index (χ0v) is 16.3. The third-order valence-corrected chi connectivity index (χ3v) is 6.76. The minimum Gasteiger partial charge on any atom is -0.342 e. The molecule has 1 amide bonds. The van der Waals surface area contributed by atoms with E-state index >= 15 is 0 Å². The summed E-state index contributed by atoms with van der Waals surface area (Å²) in [7, 11) is -3.46. The van der Waals surface area contributed by atoms with E-state index in [2.05, 4.69) is 5.32 Å². The van der Waals surface area contributed by atoms with Crippen LogP contribution in [0.1, 0.15) is 25.0 Å². The maximum atomic E-state index is 12.9. The lowest BCUT2D eigenvalue weighted by Gasteiger charge is -2.31. The van der Waals surface area contributed by atoms with Crippen LogP contribution in [0.4, 0.5) is 0 Å². The molecule has 1 saturated heterocycles. The largest absolute Gasteiger partial charge is 0.342 e. The highest BCUT2D eigenvalue weighted by Crippen LogP contribution is 2.23. The Kier molecular flexibility index (Phi) is 6.48. The van der Waals surface area contributed by atoms with E-state index in [-0.39, 0.29) is 24.4 Å². The standard InChI is InChI=1S/C17H25N3O3S.ClH/c1-13-12-20(10-7-18-13)24(22,23)17-4-3-15-5-8-19(14(2)21)9-6-16(15)11-17;/h3-4,11,13,18H,5-10,12H2,1-2H3;1H/t13-;/m1./s1. The maximum Gasteiger partial charge on any atom is 0.243 e. The molecule has 0 spiro atoms. The van der Waals surface area contributed by atoms with E-state index in [1.165, 1.54) is 0 Å². The molecule has 1 aromatic carbocycles. The van der Waals surface area contributed by atoms with Crippen LogP contribution >= 0.6 is 12.4 Å². The van der Waals surface area contributed by atoms with E-state index in [0.717, 1.165) is 17.5 Å². The number of amides is 1. The first-order valence-electron chi connectivity index (χ1n) is 8.49. The van der Waals surface area contributed by atoms with Gasteiger partial charge in [-0.25, -0.2) is 8.42 Å². The van der Waals surface area contributed by atoms with E-state index in [1.54, 1.807) is 23.4 Å². The van der Waals surface area contributed by atoms with Gasteiger partial charge in [0, 0.05) is 45.7 Å². The Morgan fingerprint density at radius 1 is 1.16 bits per heavy atom. The van der Waals surface area contributed by atoms with Gasteiger partial charge in [0.2, 0.25) is 15.9 Å². The fourth-order valence-electron chi connectivity index (χ4n) is 3.44. The smallest absolute Gasteiger partial charge is 0.243 e. The number of hydrogen-bond acceptors (Lipinski definition) is 4. The van der Waals surface area contributed by atoms with Crippen LogP contribution in [-0.4, -0.2) is 62.3 Å². The quantitative estimate of drug-likeness (QED) is 0.823. The van der Waals surface area contributed by atoms with Crippen molar-refractivity contribution in [3.63, 3.8) is 0 Å². The minimum atomic E-state index is -3.46. The van der Waals surface area contributed by atoms with Gasteiger partial charge >= 0.3 is 0 Å². The Labute approximate surface area is 156 Å². The summed E-state index contributed by atoms with van der Waals surface area (Å²) in [5.41, 5.74) is 2.19. The molecule has 0 radical (unpaired) electrons. The number of sulfonamides is 1. The number of carbonyl (C=O) groups excluding carboxylic acids is 1. The van der Waals surface area contributed by atoms with E-state index in [4.69, 9.17) is 0 Å². The van der Waals surface area contributed by atoms with Crippen molar-refractivity contribution < 1.29 is 13.2 Å². The molecule has 25 heavy (non-hydrogen) atoms. The van der Waals surface area contributed by atoms with Crippen molar-refractivity contribution in [3.05, 3.63) is 29.3 Å². The molecule has 0 aromatic heterocycles. The number of carbonyl (C=O) groups is 1. The lowest BCUT2D eigenvalue weighted by atomic mass is 10.0. The van der Waals surface area contributed by atoms with E-state index in [0.29, 0.717) is 44.0 Å². The van der Waals surface area contributed by atoms with Gasteiger partial charge in [-0.05, 0) is 43.0 Å². The summed E-state index contributed by atoms with van der Waals surface area (Å²) in [6.45, 7) is 6.60. The summed E-state index contributed by atoms with van der Waals surface area (Å²) in [5, 5.41) is 3.27. The second kappa shape index (κ2) is 8.03. The molecule has 140 valence electrons. The average molecular weight is 388 g/mol. The Hall–Kier alpha value is -1.15. The van der Waals surface area contributed by atoms with Gasteiger partial charge in [0.15, 0.2) is 0 Å². The summed E-state index contributed by atoms with van der Waals surface area (Å²) in [4.78, 5) is 13.8. The highest BCUT2D eigenvalue weighted by Gasteiger charge is 2.29. The highest BCUT2D eigenvalue weighted by atomic mass is 35.5. The normalized spacial score (nSPS) is 21.8. The molecular weight excluding hydrogens is 362 g/mol.